The first kappa shape index (κ1) is 15.7. The maximum absolute atomic E-state index is 11.8. The molecule has 0 fully saturated rings. The molecular weight excluding hydrogens is 284 g/mol. The molecule has 0 aliphatic rings. The maximum atomic E-state index is 11.8. The summed E-state index contributed by atoms with van der Waals surface area (Å²) in [6, 6.07) is 1.36. The third-order valence-corrected chi connectivity index (χ3v) is 3.10. The molecule has 0 atom stereocenters. The van der Waals surface area contributed by atoms with Gasteiger partial charge in [-0.1, -0.05) is 6.92 Å². The second-order valence-corrected chi connectivity index (χ2v) is 4.96. The maximum Gasteiger partial charge on any atom is 0.319 e. The van der Waals surface area contributed by atoms with Gasteiger partial charge in [-0.05, 0) is 19.4 Å². The van der Waals surface area contributed by atoms with Gasteiger partial charge in [-0.15, -0.1) is 0 Å². The van der Waals surface area contributed by atoms with E-state index < -0.39 is 6.03 Å². The number of aryl methyl sites for hydroxylation is 2. The van der Waals surface area contributed by atoms with Gasteiger partial charge >= 0.3 is 6.03 Å². The molecule has 3 amide bonds. The van der Waals surface area contributed by atoms with Crippen molar-refractivity contribution >= 4 is 28.7 Å². The highest BCUT2D eigenvalue weighted by Gasteiger charge is 2.09. The second-order valence-electron chi connectivity index (χ2n) is 4.96. The average Bonchev–Trinajstić information content (AvgIpc) is 2.77. The normalized spacial score (nSPS) is 10.5. The lowest BCUT2D eigenvalue weighted by atomic mass is 10.2. The Kier molecular flexibility index (Phi) is 4.92. The number of pyridine rings is 1. The smallest absolute Gasteiger partial charge is 0.319 e. The van der Waals surface area contributed by atoms with E-state index in [9.17, 15) is 9.59 Å². The molecule has 2 rings (SSSR count). The lowest BCUT2D eigenvalue weighted by Gasteiger charge is -2.08. The summed E-state index contributed by atoms with van der Waals surface area (Å²) >= 11 is 0. The van der Waals surface area contributed by atoms with E-state index in [1.54, 1.807) is 16.9 Å². The minimum atomic E-state index is -0.450. The summed E-state index contributed by atoms with van der Waals surface area (Å²) in [4.78, 5) is 27.4. The molecule has 0 saturated heterocycles. The molecule has 0 unspecified atom stereocenters. The minimum Gasteiger partial charge on any atom is -0.355 e. The van der Waals surface area contributed by atoms with E-state index in [0.717, 1.165) is 23.1 Å². The molecule has 0 bridgehead atoms. The molecular formula is C14H20N6O2. The number of urea groups is 1. The fraction of sp³-hybridized carbons (Fsp3) is 0.429. The summed E-state index contributed by atoms with van der Waals surface area (Å²) in [6.07, 6.45) is 2.41. The molecule has 8 nitrogen and oxygen atoms in total. The van der Waals surface area contributed by atoms with Gasteiger partial charge in [0, 0.05) is 19.0 Å². The average molecular weight is 304 g/mol. The summed E-state index contributed by atoms with van der Waals surface area (Å²) in [7, 11) is 1.82. The first-order valence-corrected chi connectivity index (χ1v) is 7.12. The van der Waals surface area contributed by atoms with Crippen molar-refractivity contribution in [2.75, 3.05) is 18.4 Å². The SMILES string of the molecule is CCCNC(=O)CNC(=O)Nc1cnc2c(c1)c(C)nn2C. The molecule has 22 heavy (non-hydrogen) atoms. The zero-order chi connectivity index (χ0) is 16.1. The van der Waals surface area contributed by atoms with Crippen molar-refractivity contribution in [2.24, 2.45) is 7.05 Å². The summed E-state index contributed by atoms with van der Waals surface area (Å²) < 4.78 is 1.69. The first-order valence-electron chi connectivity index (χ1n) is 7.12. The highest BCUT2D eigenvalue weighted by molar-refractivity contribution is 5.94. The van der Waals surface area contributed by atoms with Gasteiger partial charge < -0.3 is 16.0 Å². The summed E-state index contributed by atoms with van der Waals surface area (Å²) in [5.74, 6) is -0.214. The van der Waals surface area contributed by atoms with Crippen molar-refractivity contribution in [3.05, 3.63) is 18.0 Å². The number of hydrogen-bond donors (Lipinski definition) is 3. The number of nitrogens with zero attached hydrogens (tertiary/aromatic N) is 3. The Bertz CT molecular complexity index is 694. The third-order valence-electron chi connectivity index (χ3n) is 3.10. The highest BCUT2D eigenvalue weighted by atomic mass is 16.2. The van der Waals surface area contributed by atoms with Crippen LogP contribution in [0.3, 0.4) is 0 Å². The van der Waals surface area contributed by atoms with Crippen LogP contribution in [0.2, 0.25) is 0 Å². The highest BCUT2D eigenvalue weighted by Crippen LogP contribution is 2.18. The Balaban J connectivity index is 1.94. The third kappa shape index (κ3) is 3.72. The Morgan fingerprint density at radius 1 is 1.32 bits per heavy atom. The molecule has 118 valence electrons. The van der Waals surface area contributed by atoms with Gasteiger partial charge in [0.2, 0.25) is 5.91 Å². The quantitative estimate of drug-likeness (QED) is 0.764. The van der Waals surface area contributed by atoms with Crippen LogP contribution in [0.4, 0.5) is 10.5 Å². The number of hydrogen-bond acceptors (Lipinski definition) is 4. The van der Waals surface area contributed by atoms with Crippen LogP contribution in [0.25, 0.3) is 11.0 Å². The van der Waals surface area contributed by atoms with E-state index in [1.165, 1.54) is 0 Å². The first-order chi connectivity index (χ1) is 10.5. The molecule has 2 aromatic rings. The number of carbonyl (C=O) groups is 2. The van der Waals surface area contributed by atoms with Crippen molar-refractivity contribution in [1.82, 2.24) is 25.4 Å². The van der Waals surface area contributed by atoms with Crippen LogP contribution in [-0.2, 0) is 11.8 Å². The number of fused-ring (bicyclic) bond motifs is 1. The zero-order valence-corrected chi connectivity index (χ0v) is 12.9. The van der Waals surface area contributed by atoms with Crippen LogP contribution >= 0.6 is 0 Å². The van der Waals surface area contributed by atoms with E-state index in [4.69, 9.17) is 0 Å². The fourth-order valence-electron chi connectivity index (χ4n) is 2.04. The number of amides is 3. The molecule has 0 spiro atoms. The van der Waals surface area contributed by atoms with Crippen LogP contribution in [-0.4, -0.2) is 39.8 Å². The molecule has 0 saturated carbocycles. The predicted octanol–water partition coefficient (Wildman–Crippen LogP) is 0.924. The molecule has 0 aliphatic heterocycles. The number of aromatic nitrogens is 3. The largest absolute Gasteiger partial charge is 0.355 e. The van der Waals surface area contributed by atoms with Gasteiger partial charge in [-0.2, -0.15) is 5.10 Å². The summed E-state index contributed by atoms with van der Waals surface area (Å²) in [5.41, 5.74) is 2.14. The van der Waals surface area contributed by atoms with Crippen LogP contribution < -0.4 is 16.0 Å². The van der Waals surface area contributed by atoms with Crippen LogP contribution in [0.5, 0.6) is 0 Å². The van der Waals surface area contributed by atoms with Gasteiger partial charge in [-0.3, -0.25) is 9.48 Å². The Morgan fingerprint density at radius 2 is 2.09 bits per heavy atom. The van der Waals surface area contributed by atoms with Gasteiger partial charge in [0.25, 0.3) is 0 Å². The summed E-state index contributed by atoms with van der Waals surface area (Å²) in [6.45, 7) is 4.38. The number of carbonyl (C=O) groups excluding carboxylic acids is 2. The lowest BCUT2D eigenvalue weighted by molar-refractivity contribution is -0.120. The van der Waals surface area contributed by atoms with Gasteiger partial charge in [0.1, 0.15) is 0 Å². The molecule has 0 aliphatic carbocycles. The van der Waals surface area contributed by atoms with Crippen molar-refractivity contribution in [1.29, 1.82) is 0 Å². The van der Waals surface area contributed by atoms with Crippen LogP contribution in [0.1, 0.15) is 19.0 Å². The lowest BCUT2D eigenvalue weighted by Crippen LogP contribution is -2.39. The topological polar surface area (TPSA) is 101 Å². The Labute approximate surface area is 128 Å². The minimum absolute atomic E-state index is 0.0621. The van der Waals surface area contributed by atoms with Gasteiger partial charge in [0.15, 0.2) is 5.65 Å². The molecule has 2 aromatic heterocycles. The van der Waals surface area contributed by atoms with Crippen LogP contribution in [0, 0.1) is 6.92 Å². The Hall–Kier alpha value is -2.64. The standard InChI is InChI=1S/C14H20N6O2/c1-4-5-15-12(21)8-17-14(22)18-10-6-11-9(2)19-20(3)13(11)16-7-10/h6-7H,4-5,8H2,1-3H3,(H,15,21)(H2,17,18,22). The van der Waals surface area contributed by atoms with Crippen molar-refractivity contribution in [3.63, 3.8) is 0 Å². The van der Waals surface area contributed by atoms with E-state index in [-0.39, 0.29) is 12.5 Å². The molecule has 0 radical (unpaired) electrons. The van der Waals surface area contributed by atoms with E-state index in [2.05, 4.69) is 26.0 Å². The fourth-order valence-corrected chi connectivity index (χ4v) is 2.04. The predicted molar refractivity (Wildman–Crippen MR) is 83.6 cm³/mol. The van der Waals surface area contributed by atoms with Crippen molar-refractivity contribution < 1.29 is 9.59 Å². The number of rotatable bonds is 5. The molecule has 3 N–H and O–H groups in total. The monoisotopic (exact) mass is 304 g/mol. The Morgan fingerprint density at radius 3 is 2.82 bits per heavy atom. The second kappa shape index (κ2) is 6.88. The van der Waals surface area contributed by atoms with Gasteiger partial charge in [-0.25, -0.2) is 9.78 Å². The zero-order valence-electron chi connectivity index (χ0n) is 12.9. The molecule has 8 heteroatoms. The van der Waals surface area contributed by atoms with E-state index in [1.807, 2.05) is 20.9 Å². The van der Waals surface area contributed by atoms with E-state index >= 15 is 0 Å². The number of nitrogens with one attached hydrogen (secondary N) is 3. The molecule has 2 heterocycles. The van der Waals surface area contributed by atoms with Crippen LogP contribution in [0.15, 0.2) is 12.3 Å². The van der Waals surface area contributed by atoms with Crippen molar-refractivity contribution in [3.8, 4) is 0 Å². The summed E-state index contributed by atoms with van der Waals surface area (Å²) in [5, 5.41) is 13.0. The molecule has 0 aromatic carbocycles. The van der Waals surface area contributed by atoms with Gasteiger partial charge in [0.05, 0.1) is 24.1 Å². The van der Waals surface area contributed by atoms with E-state index in [0.29, 0.717) is 12.2 Å². The van der Waals surface area contributed by atoms with Crippen molar-refractivity contribution in [2.45, 2.75) is 20.3 Å². The number of anilines is 1.